The lowest BCUT2D eigenvalue weighted by Crippen LogP contribution is -2.10. The van der Waals surface area contributed by atoms with Gasteiger partial charge in [0.25, 0.3) is 0 Å². The Hall–Kier alpha value is -2.09. The Bertz CT molecular complexity index is 563. The Morgan fingerprint density at radius 3 is 2.20 bits per heavy atom. The Morgan fingerprint density at radius 2 is 1.70 bits per heavy atom. The zero-order valence-corrected chi connectivity index (χ0v) is 12.6. The van der Waals surface area contributed by atoms with Gasteiger partial charge in [-0.2, -0.15) is 0 Å². The second kappa shape index (κ2) is 8.16. The molecule has 0 radical (unpaired) electrons. The van der Waals surface area contributed by atoms with Crippen molar-refractivity contribution in [1.29, 1.82) is 0 Å². The van der Waals surface area contributed by atoms with E-state index in [0.29, 0.717) is 5.56 Å². The first kappa shape index (κ1) is 16.0. The molecule has 1 nitrogen and oxygen atoms in total. The summed E-state index contributed by atoms with van der Waals surface area (Å²) in [6, 6.07) is 6.80. The molecule has 1 rings (SSSR count). The SMILES string of the molecule is C\C=C/C(=C(/NC)c1ccccc1F)C(/C=C\C)=C/C. The number of nitrogens with one attached hydrogen (secondary N) is 1. The third-order valence-corrected chi connectivity index (χ3v) is 2.96. The van der Waals surface area contributed by atoms with Gasteiger partial charge in [-0.1, -0.05) is 42.5 Å². The molecule has 0 atom stereocenters. The molecule has 1 aromatic carbocycles. The Kier molecular flexibility index (Phi) is 6.51. The highest BCUT2D eigenvalue weighted by Crippen LogP contribution is 2.25. The normalized spacial score (nSPS) is 13.9. The maximum Gasteiger partial charge on any atom is 0.132 e. The predicted molar refractivity (Wildman–Crippen MR) is 85.8 cm³/mol. The average molecular weight is 271 g/mol. The van der Waals surface area contributed by atoms with Crippen molar-refractivity contribution in [3.63, 3.8) is 0 Å². The van der Waals surface area contributed by atoms with Crippen LogP contribution in [-0.4, -0.2) is 7.05 Å². The van der Waals surface area contributed by atoms with Crippen molar-refractivity contribution < 1.29 is 4.39 Å². The molecule has 0 fully saturated rings. The van der Waals surface area contributed by atoms with Crippen molar-refractivity contribution in [1.82, 2.24) is 5.32 Å². The fourth-order valence-electron chi connectivity index (χ4n) is 2.09. The minimum atomic E-state index is -0.227. The fraction of sp³-hybridized carbons (Fsp3) is 0.222. The fourth-order valence-corrected chi connectivity index (χ4v) is 2.09. The zero-order valence-electron chi connectivity index (χ0n) is 12.6. The van der Waals surface area contributed by atoms with Crippen LogP contribution in [0.15, 0.2) is 65.8 Å². The van der Waals surface area contributed by atoms with Crippen LogP contribution in [0.5, 0.6) is 0 Å². The van der Waals surface area contributed by atoms with Gasteiger partial charge in [0.2, 0.25) is 0 Å². The van der Waals surface area contributed by atoms with Crippen LogP contribution >= 0.6 is 0 Å². The molecule has 0 spiro atoms. The van der Waals surface area contributed by atoms with E-state index in [-0.39, 0.29) is 5.82 Å². The van der Waals surface area contributed by atoms with Gasteiger partial charge in [0.05, 0.1) is 5.70 Å². The van der Waals surface area contributed by atoms with Crippen LogP contribution in [0, 0.1) is 5.82 Å². The Balaban J connectivity index is 3.56. The standard InChI is InChI=1S/C18H22FN/c1-5-10-14(7-3)15(11-6-2)18(20-4)16-12-8-9-13-17(16)19/h5-13,20H,1-4H3/b10-5-,11-6-,14-7+,18-15-. The van der Waals surface area contributed by atoms with Gasteiger partial charge < -0.3 is 5.32 Å². The maximum atomic E-state index is 14.0. The van der Waals surface area contributed by atoms with E-state index in [1.165, 1.54) is 6.07 Å². The van der Waals surface area contributed by atoms with Crippen molar-refractivity contribution in [3.05, 3.63) is 77.2 Å². The summed E-state index contributed by atoms with van der Waals surface area (Å²) in [6.45, 7) is 5.91. The highest BCUT2D eigenvalue weighted by Gasteiger charge is 2.11. The van der Waals surface area contributed by atoms with Gasteiger partial charge in [-0.3, -0.25) is 0 Å². The summed E-state index contributed by atoms with van der Waals surface area (Å²) in [5, 5.41) is 3.13. The number of hydrogen-bond donors (Lipinski definition) is 1. The summed E-state index contributed by atoms with van der Waals surface area (Å²) in [5.41, 5.74) is 3.39. The molecule has 106 valence electrons. The van der Waals surface area contributed by atoms with Crippen LogP contribution in [0.2, 0.25) is 0 Å². The number of halogens is 1. The van der Waals surface area contributed by atoms with Crippen LogP contribution in [0.25, 0.3) is 5.70 Å². The number of allylic oxidation sites excluding steroid dienone is 7. The summed E-state index contributed by atoms with van der Waals surface area (Å²) in [6.07, 6.45) is 9.97. The highest BCUT2D eigenvalue weighted by molar-refractivity contribution is 5.75. The lowest BCUT2D eigenvalue weighted by Gasteiger charge is -2.15. The summed E-state index contributed by atoms with van der Waals surface area (Å²) >= 11 is 0. The molecule has 0 aromatic heterocycles. The number of benzene rings is 1. The van der Waals surface area contributed by atoms with E-state index >= 15 is 0 Å². The van der Waals surface area contributed by atoms with E-state index in [1.54, 1.807) is 12.1 Å². The smallest absolute Gasteiger partial charge is 0.132 e. The average Bonchev–Trinajstić information content (AvgIpc) is 2.46. The second-order valence-electron chi connectivity index (χ2n) is 4.26. The molecule has 2 heteroatoms. The Labute approximate surface area is 121 Å². The van der Waals surface area contributed by atoms with Crippen LogP contribution in [-0.2, 0) is 0 Å². The van der Waals surface area contributed by atoms with Crippen molar-refractivity contribution in [2.75, 3.05) is 7.05 Å². The minimum absolute atomic E-state index is 0.227. The van der Waals surface area contributed by atoms with Gasteiger partial charge >= 0.3 is 0 Å². The quantitative estimate of drug-likeness (QED) is 0.754. The van der Waals surface area contributed by atoms with Gasteiger partial charge in [0, 0.05) is 18.2 Å². The molecule has 0 bridgehead atoms. The molecular weight excluding hydrogens is 249 g/mol. The molecule has 0 aliphatic rings. The summed E-state index contributed by atoms with van der Waals surface area (Å²) < 4.78 is 14.0. The Morgan fingerprint density at radius 1 is 1.05 bits per heavy atom. The van der Waals surface area contributed by atoms with E-state index in [0.717, 1.165) is 16.8 Å². The molecular formula is C18H22FN. The molecule has 0 unspecified atom stereocenters. The maximum absolute atomic E-state index is 14.0. The van der Waals surface area contributed by atoms with Crippen LogP contribution in [0.1, 0.15) is 26.3 Å². The van der Waals surface area contributed by atoms with E-state index < -0.39 is 0 Å². The second-order valence-corrected chi connectivity index (χ2v) is 4.26. The van der Waals surface area contributed by atoms with Crippen molar-refractivity contribution in [2.45, 2.75) is 20.8 Å². The van der Waals surface area contributed by atoms with E-state index in [2.05, 4.69) is 5.32 Å². The predicted octanol–water partition coefficient (Wildman–Crippen LogP) is 4.85. The minimum Gasteiger partial charge on any atom is -0.387 e. The lowest BCUT2D eigenvalue weighted by atomic mass is 9.98. The third-order valence-electron chi connectivity index (χ3n) is 2.96. The van der Waals surface area contributed by atoms with Crippen molar-refractivity contribution >= 4 is 5.70 Å². The molecule has 0 saturated heterocycles. The van der Waals surface area contributed by atoms with Gasteiger partial charge in [-0.25, -0.2) is 4.39 Å². The van der Waals surface area contributed by atoms with Crippen LogP contribution in [0.4, 0.5) is 4.39 Å². The number of hydrogen-bond acceptors (Lipinski definition) is 1. The van der Waals surface area contributed by atoms with Gasteiger partial charge in [-0.05, 0) is 38.5 Å². The van der Waals surface area contributed by atoms with Gasteiger partial charge in [-0.15, -0.1) is 0 Å². The van der Waals surface area contributed by atoms with Crippen molar-refractivity contribution in [3.8, 4) is 0 Å². The van der Waals surface area contributed by atoms with Gasteiger partial charge in [0.1, 0.15) is 5.82 Å². The monoisotopic (exact) mass is 271 g/mol. The third kappa shape index (κ3) is 3.70. The first-order valence-electron chi connectivity index (χ1n) is 6.78. The van der Waals surface area contributed by atoms with E-state index in [1.807, 2.05) is 64.3 Å². The zero-order chi connectivity index (χ0) is 15.0. The van der Waals surface area contributed by atoms with Crippen molar-refractivity contribution in [2.24, 2.45) is 0 Å². The number of rotatable bonds is 5. The first-order valence-corrected chi connectivity index (χ1v) is 6.78. The summed E-state index contributed by atoms with van der Waals surface area (Å²) in [7, 11) is 1.81. The lowest BCUT2D eigenvalue weighted by molar-refractivity contribution is 0.622. The molecule has 0 heterocycles. The van der Waals surface area contributed by atoms with Crippen LogP contribution < -0.4 is 5.32 Å². The highest BCUT2D eigenvalue weighted by atomic mass is 19.1. The topological polar surface area (TPSA) is 12.0 Å². The molecule has 1 aromatic rings. The van der Waals surface area contributed by atoms with Crippen LogP contribution in [0.3, 0.4) is 0 Å². The van der Waals surface area contributed by atoms with Gasteiger partial charge in [0.15, 0.2) is 0 Å². The summed E-state index contributed by atoms with van der Waals surface area (Å²) in [5.74, 6) is -0.227. The van der Waals surface area contributed by atoms with E-state index in [4.69, 9.17) is 0 Å². The molecule has 1 N–H and O–H groups in total. The molecule has 0 saturated carbocycles. The van der Waals surface area contributed by atoms with E-state index in [9.17, 15) is 4.39 Å². The molecule has 0 aliphatic carbocycles. The molecule has 0 amide bonds. The first-order chi connectivity index (χ1) is 9.69. The molecule has 0 aliphatic heterocycles. The summed E-state index contributed by atoms with van der Waals surface area (Å²) in [4.78, 5) is 0. The molecule has 20 heavy (non-hydrogen) atoms. The largest absolute Gasteiger partial charge is 0.387 e.